The first kappa shape index (κ1) is 13.8. The minimum absolute atomic E-state index is 0. The van der Waals surface area contributed by atoms with Gasteiger partial charge in [-0.2, -0.15) is 0 Å². The minimum Gasteiger partial charge on any atom is -0.0802 e. The van der Waals surface area contributed by atoms with E-state index in [1.165, 1.54) is 11.1 Å². The van der Waals surface area contributed by atoms with E-state index >= 15 is 0 Å². The highest BCUT2D eigenvalue weighted by molar-refractivity contribution is 5.28. The second-order valence-electron chi connectivity index (χ2n) is 2.53. The third-order valence-corrected chi connectivity index (χ3v) is 1.45. The molecule has 0 fully saturated rings. The van der Waals surface area contributed by atoms with Crippen LogP contribution in [-0.4, -0.2) is 0 Å². The maximum absolute atomic E-state index is 2.20. The molecule has 0 radical (unpaired) electrons. The number of allylic oxidation sites excluding steroid dienone is 6. The van der Waals surface area contributed by atoms with Crippen molar-refractivity contribution in [2.75, 3.05) is 0 Å². The predicted octanol–water partition coefficient (Wildman–Crippen LogP) is 4.50. The molecule has 1 aliphatic rings. The fourth-order valence-electron chi connectivity index (χ4n) is 0.828. The summed E-state index contributed by atoms with van der Waals surface area (Å²) < 4.78 is 0. The number of hydrogen-bond donors (Lipinski definition) is 0. The molecule has 0 aliphatic heterocycles. The summed E-state index contributed by atoms with van der Waals surface area (Å²) in [5.74, 6) is 0. The van der Waals surface area contributed by atoms with Crippen molar-refractivity contribution in [2.45, 2.75) is 41.5 Å². The summed E-state index contributed by atoms with van der Waals surface area (Å²) in [6, 6.07) is 0. The topological polar surface area (TPSA) is 0 Å². The van der Waals surface area contributed by atoms with E-state index in [1.54, 1.807) is 0 Å². The maximum atomic E-state index is 2.20. The van der Waals surface area contributed by atoms with Crippen LogP contribution in [0.3, 0.4) is 0 Å². The Labute approximate surface area is 77.7 Å². The van der Waals surface area contributed by atoms with E-state index in [4.69, 9.17) is 0 Å². The van der Waals surface area contributed by atoms with E-state index < -0.39 is 0 Å². The molecule has 12 heavy (non-hydrogen) atoms. The van der Waals surface area contributed by atoms with E-state index in [-0.39, 0.29) is 7.43 Å². The molecule has 0 aromatic rings. The van der Waals surface area contributed by atoms with Gasteiger partial charge in [0.05, 0.1) is 0 Å². The first-order chi connectivity index (χ1) is 5.29. The van der Waals surface area contributed by atoms with Crippen molar-refractivity contribution in [1.82, 2.24) is 0 Å². The van der Waals surface area contributed by atoms with Crippen molar-refractivity contribution in [2.24, 2.45) is 0 Å². The van der Waals surface area contributed by atoms with Gasteiger partial charge in [0.15, 0.2) is 0 Å². The van der Waals surface area contributed by atoms with E-state index in [0.29, 0.717) is 0 Å². The molecule has 0 spiro atoms. The van der Waals surface area contributed by atoms with Gasteiger partial charge in [-0.3, -0.25) is 0 Å². The van der Waals surface area contributed by atoms with Gasteiger partial charge in [0.2, 0.25) is 0 Å². The van der Waals surface area contributed by atoms with Gasteiger partial charge in [0, 0.05) is 0 Å². The van der Waals surface area contributed by atoms with Gasteiger partial charge in [-0.05, 0) is 20.3 Å². The highest BCUT2D eigenvalue weighted by atomic mass is 13.9. The zero-order valence-corrected chi connectivity index (χ0v) is 8.02. The Morgan fingerprint density at radius 3 is 2.25 bits per heavy atom. The van der Waals surface area contributed by atoms with Crippen LogP contribution in [0, 0.1) is 0 Å². The van der Waals surface area contributed by atoms with Gasteiger partial charge >= 0.3 is 0 Å². The van der Waals surface area contributed by atoms with E-state index in [0.717, 1.165) is 6.42 Å². The SMILES string of the molecule is C.CC.CC1=CC=C(C)CC=C1. The smallest absolute Gasteiger partial charge is 0.0135 e. The first-order valence-corrected chi connectivity index (χ1v) is 4.29. The zero-order chi connectivity index (χ0) is 8.69. The summed E-state index contributed by atoms with van der Waals surface area (Å²) in [4.78, 5) is 0. The summed E-state index contributed by atoms with van der Waals surface area (Å²) in [6.07, 6.45) is 9.79. The van der Waals surface area contributed by atoms with E-state index in [2.05, 4.69) is 38.2 Å². The predicted molar refractivity (Wildman–Crippen MR) is 59.4 cm³/mol. The standard InChI is InChI=1S/C9H12.C2H6.CH4/c1-8-4-3-5-9(2)7-6-8;1-2;/h3-4,6-7H,5H2,1-2H3;1-2H3;1H4. The molecule has 0 amide bonds. The normalized spacial score (nSPS) is 14.3. The summed E-state index contributed by atoms with van der Waals surface area (Å²) >= 11 is 0. The summed E-state index contributed by atoms with van der Waals surface area (Å²) in [5, 5.41) is 0. The molecule has 0 saturated heterocycles. The molecular formula is C12H22. The van der Waals surface area contributed by atoms with E-state index in [1.807, 2.05) is 13.8 Å². The van der Waals surface area contributed by atoms with Gasteiger partial charge in [-0.15, -0.1) is 0 Å². The molecule has 0 heterocycles. The Kier molecular flexibility index (Phi) is 9.56. The van der Waals surface area contributed by atoms with Crippen LogP contribution in [0.5, 0.6) is 0 Å². The third kappa shape index (κ3) is 5.96. The van der Waals surface area contributed by atoms with Crippen LogP contribution in [0.2, 0.25) is 0 Å². The lowest BCUT2D eigenvalue weighted by molar-refractivity contribution is 1.22. The Bertz CT molecular complexity index is 180. The average molecular weight is 166 g/mol. The van der Waals surface area contributed by atoms with Crippen molar-refractivity contribution in [1.29, 1.82) is 0 Å². The summed E-state index contributed by atoms with van der Waals surface area (Å²) in [7, 11) is 0. The average Bonchev–Trinajstić information content (AvgIpc) is 2.20. The Hall–Kier alpha value is -0.780. The highest BCUT2D eigenvalue weighted by Crippen LogP contribution is 2.08. The largest absolute Gasteiger partial charge is 0.0802 e. The molecule has 0 atom stereocenters. The molecule has 0 aromatic heterocycles. The van der Waals surface area contributed by atoms with Crippen LogP contribution in [0.25, 0.3) is 0 Å². The maximum Gasteiger partial charge on any atom is -0.0135 e. The van der Waals surface area contributed by atoms with Crippen LogP contribution in [0.1, 0.15) is 41.5 Å². The second-order valence-corrected chi connectivity index (χ2v) is 2.53. The summed E-state index contributed by atoms with van der Waals surface area (Å²) in [5.41, 5.74) is 2.77. The molecule has 70 valence electrons. The van der Waals surface area contributed by atoms with Crippen molar-refractivity contribution in [3.8, 4) is 0 Å². The Morgan fingerprint density at radius 2 is 1.67 bits per heavy atom. The van der Waals surface area contributed by atoms with Crippen molar-refractivity contribution in [3.05, 3.63) is 35.5 Å². The molecule has 0 aromatic carbocycles. The molecule has 0 N–H and O–H groups in total. The zero-order valence-electron chi connectivity index (χ0n) is 8.02. The molecule has 0 heteroatoms. The molecule has 0 nitrogen and oxygen atoms in total. The monoisotopic (exact) mass is 166 g/mol. The minimum atomic E-state index is 0. The lowest BCUT2D eigenvalue weighted by atomic mass is 10.2. The van der Waals surface area contributed by atoms with Gasteiger partial charge < -0.3 is 0 Å². The third-order valence-electron chi connectivity index (χ3n) is 1.45. The number of hydrogen-bond acceptors (Lipinski definition) is 0. The van der Waals surface area contributed by atoms with Crippen LogP contribution in [0.4, 0.5) is 0 Å². The van der Waals surface area contributed by atoms with E-state index in [9.17, 15) is 0 Å². The van der Waals surface area contributed by atoms with Gasteiger partial charge in [-0.1, -0.05) is 56.7 Å². The first-order valence-electron chi connectivity index (χ1n) is 4.29. The molecular weight excluding hydrogens is 144 g/mol. The van der Waals surface area contributed by atoms with Crippen molar-refractivity contribution in [3.63, 3.8) is 0 Å². The fraction of sp³-hybridized carbons (Fsp3) is 0.500. The molecule has 0 saturated carbocycles. The Balaban J connectivity index is 0. The fourth-order valence-corrected chi connectivity index (χ4v) is 0.828. The van der Waals surface area contributed by atoms with Gasteiger partial charge in [0.25, 0.3) is 0 Å². The van der Waals surface area contributed by atoms with Crippen LogP contribution >= 0.6 is 0 Å². The Morgan fingerprint density at radius 1 is 1.08 bits per heavy atom. The lowest BCUT2D eigenvalue weighted by Gasteiger charge is -1.86. The molecule has 0 unspecified atom stereocenters. The molecule has 1 aliphatic carbocycles. The molecule has 1 rings (SSSR count). The van der Waals surface area contributed by atoms with Gasteiger partial charge in [0.1, 0.15) is 0 Å². The van der Waals surface area contributed by atoms with Crippen LogP contribution < -0.4 is 0 Å². The summed E-state index contributed by atoms with van der Waals surface area (Å²) in [6.45, 7) is 8.27. The van der Waals surface area contributed by atoms with Crippen molar-refractivity contribution >= 4 is 0 Å². The van der Waals surface area contributed by atoms with Crippen molar-refractivity contribution < 1.29 is 0 Å². The van der Waals surface area contributed by atoms with Gasteiger partial charge in [-0.25, -0.2) is 0 Å². The second kappa shape index (κ2) is 8.32. The lowest BCUT2D eigenvalue weighted by Crippen LogP contribution is -1.66. The highest BCUT2D eigenvalue weighted by Gasteiger charge is 1.88. The quantitative estimate of drug-likeness (QED) is 0.497. The molecule has 0 bridgehead atoms. The van der Waals surface area contributed by atoms with Crippen LogP contribution in [0.15, 0.2) is 35.5 Å². The number of rotatable bonds is 0. The van der Waals surface area contributed by atoms with Crippen LogP contribution in [-0.2, 0) is 0 Å².